The first-order valence-corrected chi connectivity index (χ1v) is 14.5. The number of hydrogen-bond acceptors (Lipinski definition) is 0. The predicted octanol–water partition coefficient (Wildman–Crippen LogP) is 11.8. The minimum atomic E-state index is 1.23. The zero-order valence-corrected chi connectivity index (χ0v) is 23.2. The molecule has 8 aromatic carbocycles. The number of hydrogen-bond donors (Lipinski definition) is 0. The maximum Gasteiger partial charge on any atom is -0.00201 e. The van der Waals surface area contributed by atoms with E-state index in [-0.39, 0.29) is 0 Å². The molecule has 8 rings (SSSR count). The van der Waals surface area contributed by atoms with Gasteiger partial charge in [0.25, 0.3) is 0 Å². The summed E-state index contributed by atoms with van der Waals surface area (Å²) >= 11 is 0. The maximum absolute atomic E-state index is 2.32. The van der Waals surface area contributed by atoms with Gasteiger partial charge in [0.1, 0.15) is 0 Å². The van der Waals surface area contributed by atoms with E-state index in [4.69, 9.17) is 0 Å². The molecule has 0 amide bonds. The molecule has 0 spiro atoms. The second-order valence-corrected chi connectivity index (χ2v) is 10.9. The van der Waals surface area contributed by atoms with Crippen molar-refractivity contribution in [3.05, 3.63) is 170 Å². The fourth-order valence-corrected chi connectivity index (χ4v) is 6.59. The van der Waals surface area contributed by atoms with Gasteiger partial charge in [-0.05, 0) is 82.9 Å². The maximum atomic E-state index is 2.32. The van der Waals surface area contributed by atoms with Gasteiger partial charge in [0, 0.05) is 0 Å². The van der Waals surface area contributed by atoms with Gasteiger partial charge in [-0.3, -0.25) is 0 Å². The number of benzene rings is 8. The fourth-order valence-electron chi connectivity index (χ4n) is 6.59. The van der Waals surface area contributed by atoms with Crippen molar-refractivity contribution in [2.24, 2.45) is 0 Å². The Bertz CT molecular complexity index is 2170. The summed E-state index contributed by atoms with van der Waals surface area (Å²) < 4.78 is 0. The van der Waals surface area contributed by atoms with Gasteiger partial charge in [0.15, 0.2) is 0 Å². The van der Waals surface area contributed by atoms with Crippen LogP contribution in [-0.4, -0.2) is 0 Å². The van der Waals surface area contributed by atoms with E-state index in [0.717, 1.165) is 0 Å². The molecule has 0 aromatic heterocycles. The van der Waals surface area contributed by atoms with Crippen LogP contribution in [0.4, 0.5) is 0 Å². The third kappa shape index (κ3) is 4.00. The van der Waals surface area contributed by atoms with E-state index >= 15 is 0 Å². The van der Waals surface area contributed by atoms with Crippen molar-refractivity contribution in [1.29, 1.82) is 0 Å². The van der Waals surface area contributed by atoms with Crippen molar-refractivity contribution >= 4 is 32.3 Å². The van der Waals surface area contributed by atoms with Crippen LogP contribution in [0.25, 0.3) is 76.8 Å². The summed E-state index contributed by atoms with van der Waals surface area (Å²) in [5, 5.41) is 7.60. The van der Waals surface area contributed by atoms with E-state index in [2.05, 4.69) is 170 Å². The molecule has 0 aliphatic heterocycles. The van der Waals surface area contributed by atoms with Gasteiger partial charge in [-0.1, -0.05) is 164 Å². The predicted molar refractivity (Wildman–Crippen MR) is 181 cm³/mol. The van der Waals surface area contributed by atoms with Crippen molar-refractivity contribution in [1.82, 2.24) is 0 Å². The van der Waals surface area contributed by atoms with Gasteiger partial charge in [-0.25, -0.2) is 0 Å². The normalized spacial score (nSPS) is 11.3. The molecule has 8 aromatic rings. The zero-order valence-electron chi connectivity index (χ0n) is 23.2. The molecular formula is C42H28. The third-order valence-corrected chi connectivity index (χ3v) is 8.47. The molecular weight excluding hydrogens is 504 g/mol. The third-order valence-electron chi connectivity index (χ3n) is 8.47. The standard InChI is InChI=1S/C42H28/c1-3-14-29(15-4-1)31-26-27-34-32(28-31)18-13-25-36(34)42-39-23-11-9-21-37(39)41(38-22-10-12-24-40(38)42)35-20-8-7-19-33(35)30-16-5-2-6-17-30/h1-28H. The molecule has 0 radical (unpaired) electrons. The summed E-state index contributed by atoms with van der Waals surface area (Å²) in [5.41, 5.74) is 10.1. The molecule has 0 heterocycles. The first-order valence-electron chi connectivity index (χ1n) is 14.5. The van der Waals surface area contributed by atoms with Crippen molar-refractivity contribution in [2.75, 3.05) is 0 Å². The molecule has 0 nitrogen and oxygen atoms in total. The molecule has 0 atom stereocenters. The Morgan fingerprint density at radius 1 is 0.238 bits per heavy atom. The van der Waals surface area contributed by atoms with E-state index in [1.165, 1.54) is 76.8 Å². The Morgan fingerprint density at radius 3 is 1.33 bits per heavy atom. The van der Waals surface area contributed by atoms with Gasteiger partial charge >= 0.3 is 0 Å². The highest BCUT2D eigenvalue weighted by molar-refractivity contribution is 6.24. The van der Waals surface area contributed by atoms with Gasteiger partial charge in [0.2, 0.25) is 0 Å². The molecule has 0 unspecified atom stereocenters. The van der Waals surface area contributed by atoms with E-state index in [1.807, 2.05) is 0 Å². The Morgan fingerprint density at radius 2 is 0.714 bits per heavy atom. The van der Waals surface area contributed by atoms with E-state index < -0.39 is 0 Å². The van der Waals surface area contributed by atoms with E-state index in [1.54, 1.807) is 0 Å². The van der Waals surface area contributed by atoms with Crippen LogP contribution < -0.4 is 0 Å². The lowest BCUT2D eigenvalue weighted by Crippen LogP contribution is -1.93. The lowest BCUT2D eigenvalue weighted by Gasteiger charge is -2.20. The average Bonchev–Trinajstić information content (AvgIpc) is 3.07. The summed E-state index contributed by atoms with van der Waals surface area (Å²) in [4.78, 5) is 0. The molecule has 0 aliphatic rings. The fraction of sp³-hybridized carbons (Fsp3) is 0. The lowest BCUT2D eigenvalue weighted by atomic mass is 9.83. The molecule has 0 saturated carbocycles. The van der Waals surface area contributed by atoms with Crippen LogP contribution in [0.1, 0.15) is 0 Å². The van der Waals surface area contributed by atoms with Crippen LogP contribution in [0.3, 0.4) is 0 Å². The van der Waals surface area contributed by atoms with Gasteiger partial charge < -0.3 is 0 Å². The minimum Gasteiger partial charge on any atom is -0.0622 e. The Hall–Kier alpha value is -5.46. The summed E-state index contributed by atoms with van der Waals surface area (Å²) in [6.45, 7) is 0. The molecule has 0 bridgehead atoms. The lowest BCUT2D eigenvalue weighted by molar-refractivity contribution is 1.61. The molecule has 42 heavy (non-hydrogen) atoms. The largest absolute Gasteiger partial charge is 0.0622 e. The van der Waals surface area contributed by atoms with Gasteiger partial charge in [0.05, 0.1) is 0 Å². The summed E-state index contributed by atoms with van der Waals surface area (Å²) in [6.07, 6.45) is 0. The van der Waals surface area contributed by atoms with E-state index in [0.29, 0.717) is 0 Å². The highest BCUT2D eigenvalue weighted by Crippen LogP contribution is 2.47. The van der Waals surface area contributed by atoms with E-state index in [9.17, 15) is 0 Å². The Balaban J connectivity index is 1.44. The highest BCUT2D eigenvalue weighted by Gasteiger charge is 2.19. The molecule has 196 valence electrons. The minimum absolute atomic E-state index is 1.23. The molecule has 0 N–H and O–H groups in total. The van der Waals surface area contributed by atoms with Crippen molar-refractivity contribution in [3.8, 4) is 44.5 Å². The smallest absolute Gasteiger partial charge is 0.00201 e. The van der Waals surface area contributed by atoms with Crippen LogP contribution >= 0.6 is 0 Å². The van der Waals surface area contributed by atoms with Crippen molar-refractivity contribution in [3.63, 3.8) is 0 Å². The van der Waals surface area contributed by atoms with Crippen molar-refractivity contribution in [2.45, 2.75) is 0 Å². The second-order valence-electron chi connectivity index (χ2n) is 10.9. The molecule has 0 saturated heterocycles. The monoisotopic (exact) mass is 532 g/mol. The summed E-state index contributed by atoms with van der Waals surface area (Å²) in [6, 6.07) is 61.7. The average molecular weight is 533 g/mol. The Kier molecular flexibility index (Phi) is 5.90. The van der Waals surface area contributed by atoms with Crippen LogP contribution in [0.5, 0.6) is 0 Å². The van der Waals surface area contributed by atoms with Crippen LogP contribution in [-0.2, 0) is 0 Å². The molecule has 0 heteroatoms. The van der Waals surface area contributed by atoms with Gasteiger partial charge in [-0.2, -0.15) is 0 Å². The quantitative estimate of drug-likeness (QED) is 0.198. The zero-order chi connectivity index (χ0) is 27.9. The SMILES string of the molecule is c1ccc(-c2ccc3c(-c4c5ccccc5c(-c5ccccc5-c5ccccc5)c5ccccc45)cccc3c2)cc1. The first-order chi connectivity index (χ1) is 20.9. The second kappa shape index (κ2) is 10.2. The first kappa shape index (κ1) is 24.3. The highest BCUT2D eigenvalue weighted by atomic mass is 14.2. The molecule has 0 aliphatic carbocycles. The van der Waals surface area contributed by atoms with Crippen molar-refractivity contribution < 1.29 is 0 Å². The number of rotatable bonds is 4. The van der Waals surface area contributed by atoms with Crippen LogP contribution in [0.15, 0.2) is 170 Å². The van der Waals surface area contributed by atoms with Crippen LogP contribution in [0, 0.1) is 0 Å². The summed E-state index contributed by atoms with van der Waals surface area (Å²) in [5.74, 6) is 0. The Labute approximate surface area is 246 Å². The van der Waals surface area contributed by atoms with Crippen LogP contribution in [0.2, 0.25) is 0 Å². The topological polar surface area (TPSA) is 0 Å². The van der Waals surface area contributed by atoms with Gasteiger partial charge in [-0.15, -0.1) is 0 Å². The molecule has 0 fully saturated rings. The number of fused-ring (bicyclic) bond motifs is 3. The summed E-state index contributed by atoms with van der Waals surface area (Å²) in [7, 11) is 0.